The quantitative estimate of drug-likeness (QED) is 0.778. The van der Waals surface area contributed by atoms with E-state index in [2.05, 4.69) is 15.3 Å². The van der Waals surface area contributed by atoms with E-state index in [4.69, 9.17) is 0 Å². The molecule has 0 bridgehead atoms. The van der Waals surface area contributed by atoms with Crippen LogP contribution in [-0.4, -0.2) is 26.5 Å². The topological polar surface area (TPSA) is 76.9 Å². The SMILES string of the molecule is Cc1cc(C)c2c(n1)sc1c(=O)n(CC(=O)N[C@@H](C)C(C)C)cnc12. The van der Waals surface area contributed by atoms with Gasteiger partial charge < -0.3 is 5.32 Å². The van der Waals surface area contributed by atoms with Gasteiger partial charge in [-0.1, -0.05) is 13.8 Å². The van der Waals surface area contributed by atoms with Gasteiger partial charge in [0.15, 0.2) is 0 Å². The Hall–Kier alpha value is -2.28. The third kappa shape index (κ3) is 3.28. The fraction of sp³-hybridized carbons (Fsp3) is 0.444. The van der Waals surface area contributed by atoms with Crippen molar-refractivity contribution in [3.63, 3.8) is 0 Å². The summed E-state index contributed by atoms with van der Waals surface area (Å²) in [5, 5.41) is 3.83. The molecular weight excluding hydrogens is 336 g/mol. The average Bonchev–Trinajstić information content (AvgIpc) is 2.89. The van der Waals surface area contributed by atoms with Crippen LogP contribution in [0.5, 0.6) is 0 Å². The second-order valence-electron chi connectivity index (χ2n) is 6.82. The van der Waals surface area contributed by atoms with Crippen LogP contribution >= 0.6 is 11.3 Å². The molecule has 0 saturated carbocycles. The minimum Gasteiger partial charge on any atom is -0.352 e. The predicted molar refractivity (Wildman–Crippen MR) is 101 cm³/mol. The Balaban J connectivity index is 2.00. The van der Waals surface area contributed by atoms with Crippen molar-refractivity contribution in [2.45, 2.75) is 47.2 Å². The molecule has 0 aromatic carbocycles. The third-order valence-electron chi connectivity index (χ3n) is 4.45. The number of hydrogen-bond donors (Lipinski definition) is 1. The standard InChI is InChI=1S/C18H22N4O2S/c1-9(2)12(5)21-13(23)7-22-8-19-15-14-10(3)6-11(4)20-17(14)25-16(15)18(22)24/h6,8-9,12H,7H2,1-5H3,(H,21,23)/t12-/m0/s1. The fourth-order valence-corrected chi connectivity index (χ4v) is 3.93. The van der Waals surface area contributed by atoms with Crippen molar-refractivity contribution in [3.05, 3.63) is 34.0 Å². The number of fused-ring (bicyclic) bond motifs is 3. The molecule has 25 heavy (non-hydrogen) atoms. The van der Waals surface area contributed by atoms with Crippen LogP contribution in [0.1, 0.15) is 32.0 Å². The predicted octanol–water partition coefficient (Wildman–Crippen LogP) is 2.78. The van der Waals surface area contributed by atoms with Crippen molar-refractivity contribution in [1.82, 2.24) is 19.9 Å². The second-order valence-corrected chi connectivity index (χ2v) is 7.82. The van der Waals surface area contributed by atoms with E-state index in [-0.39, 0.29) is 24.1 Å². The molecule has 0 aliphatic carbocycles. The first-order valence-electron chi connectivity index (χ1n) is 8.33. The molecule has 132 valence electrons. The van der Waals surface area contributed by atoms with Crippen molar-refractivity contribution in [1.29, 1.82) is 0 Å². The van der Waals surface area contributed by atoms with Crippen LogP contribution in [0.2, 0.25) is 0 Å². The van der Waals surface area contributed by atoms with Gasteiger partial charge in [0.2, 0.25) is 5.91 Å². The van der Waals surface area contributed by atoms with E-state index in [1.807, 2.05) is 40.7 Å². The molecule has 0 spiro atoms. The highest BCUT2D eigenvalue weighted by Crippen LogP contribution is 2.31. The van der Waals surface area contributed by atoms with Gasteiger partial charge in [-0.05, 0) is 38.3 Å². The van der Waals surface area contributed by atoms with E-state index in [1.165, 1.54) is 22.2 Å². The molecule has 0 aliphatic heterocycles. The summed E-state index contributed by atoms with van der Waals surface area (Å²) in [5.74, 6) is 0.150. The fourth-order valence-electron chi connectivity index (χ4n) is 2.73. The number of thiophene rings is 1. The van der Waals surface area contributed by atoms with Crippen molar-refractivity contribution in [2.24, 2.45) is 5.92 Å². The molecular formula is C18H22N4O2S. The van der Waals surface area contributed by atoms with Gasteiger partial charge in [-0.2, -0.15) is 0 Å². The Morgan fingerprint density at radius 2 is 2.04 bits per heavy atom. The average molecular weight is 358 g/mol. The van der Waals surface area contributed by atoms with Crippen LogP contribution in [-0.2, 0) is 11.3 Å². The summed E-state index contributed by atoms with van der Waals surface area (Å²) < 4.78 is 1.91. The number of aryl methyl sites for hydroxylation is 2. The van der Waals surface area contributed by atoms with Gasteiger partial charge in [-0.25, -0.2) is 9.97 Å². The van der Waals surface area contributed by atoms with Crippen LogP contribution in [0.3, 0.4) is 0 Å². The third-order valence-corrected chi connectivity index (χ3v) is 5.51. The Bertz CT molecular complexity index is 1020. The molecule has 0 radical (unpaired) electrons. The normalized spacial score (nSPS) is 12.9. The zero-order valence-corrected chi connectivity index (χ0v) is 15.9. The summed E-state index contributed by atoms with van der Waals surface area (Å²) >= 11 is 1.34. The Morgan fingerprint density at radius 3 is 2.72 bits per heavy atom. The number of rotatable bonds is 4. The van der Waals surface area contributed by atoms with E-state index in [0.717, 1.165) is 21.5 Å². The molecule has 3 rings (SSSR count). The van der Waals surface area contributed by atoms with Gasteiger partial charge in [0.25, 0.3) is 5.56 Å². The lowest BCUT2D eigenvalue weighted by Gasteiger charge is -2.17. The molecule has 3 aromatic heterocycles. The highest BCUT2D eigenvalue weighted by atomic mass is 32.1. The lowest BCUT2D eigenvalue weighted by atomic mass is 10.1. The molecule has 0 fully saturated rings. The van der Waals surface area contributed by atoms with Crippen molar-refractivity contribution in [2.75, 3.05) is 0 Å². The van der Waals surface area contributed by atoms with Gasteiger partial charge in [0, 0.05) is 17.1 Å². The molecule has 1 amide bonds. The molecule has 1 atom stereocenters. The van der Waals surface area contributed by atoms with Gasteiger partial charge in [-0.3, -0.25) is 14.2 Å². The monoisotopic (exact) mass is 358 g/mol. The van der Waals surface area contributed by atoms with Gasteiger partial charge >= 0.3 is 0 Å². The number of carbonyl (C=O) groups is 1. The van der Waals surface area contributed by atoms with Gasteiger partial charge in [0.05, 0.1) is 11.8 Å². The maximum Gasteiger partial charge on any atom is 0.271 e. The van der Waals surface area contributed by atoms with Crippen LogP contribution in [0, 0.1) is 19.8 Å². The lowest BCUT2D eigenvalue weighted by Crippen LogP contribution is -2.39. The summed E-state index contributed by atoms with van der Waals surface area (Å²) in [7, 11) is 0. The molecule has 7 heteroatoms. The molecule has 3 aromatic rings. The molecule has 0 aliphatic rings. The molecule has 3 heterocycles. The summed E-state index contributed by atoms with van der Waals surface area (Å²) in [6.45, 7) is 9.94. The summed E-state index contributed by atoms with van der Waals surface area (Å²) in [5.41, 5.74) is 2.44. The first kappa shape index (κ1) is 17.5. The summed E-state index contributed by atoms with van der Waals surface area (Å²) in [6, 6.07) is 2.04. The van der Waals surface area contributed by atoms with E-state index >= 15 is 0 Å². The number of amides is 1. The number of carbonyl (C=O) groups excluding carboxylic acids is 1. The first-order valence-corrected chi connectivity index (χ1v) is 9.15. The van der Waals surface area contributed by atoms with E-state index in [9.17, 15) is 9.59 Å². The van der Waals surface area contributed by atoms with Crippen molar-refractivity contribution >= 4 is 37.7 Å². The van der Waals surface area contributed by atoms with Crippen LogP contribution < -0.4 is 10.9 Å². The summed E-state index contributed by atoms with van der Waals surface area (Å²) in [4.78, 5) is 34.7. The van der Waals surface area contributed by atoms with Crippen molar-refractivity contribution in [3.8, 4) is 0 Å². The lowest BCUT2D eigenvalue weighted by molar-refractivity contribution is -0.122. The largest absolute Gasteiger partial charge is 0.352 e. The van der Waals surface area contributed by atoms with E-state index in [1.54, 1.807) is 0 Å². The second kappa shape index (κ2) is 6.55. The van der Waals surface area contributed by atoms with Crippen LogP contribution in [0.15, 0.2) is 17.2 Å². The Labute approximate surface area is 149 Å². The maximum absolute atomic E-state index is 12.8. The minimum atomic E-state index is -0.197. The summed E-state index contributed by atoms with van der Waals surface area (Å²) in [6.07, 6.45) is 1.45. The van der Waals surface area contributed by atoms with Crippen molar-refractivity contribution < 1.29 is 4.79 Å². The minimum absolute atomic E-state index is 0.0292. The van der Waals surface area contributed by atoms with Gasteiger partial charge in [0.1, 0.15) is 16.1 Å². The van der Waals surface area contributed by atoms with Crippen LogP contribution in [0.4, 0.5) is 0 Å². The number of nitrogens with one attached hydrogen (secondary N) is 1. The van der Waals surface area contributed by atoms with E-state index < -0.39 is 0 Å². The highest BCUT2D eigenvalue weighted by molar-refractivity contribution is 7.25. The highest BCUT2D eigenvalue weighted by Gasteiger charge is 2.17. The number of hydrogen-bond acceptors (Lipinski definition) is 5. The number of aromatic nitrogens is 3. The first-order chi connectivity index (χ1) is 11.8. The molecule has 6 nitrogen and oxygen atoms in total. The smallest absolute Gasteiger partial charge is 0.271 e. The zero-order chi connectivity index (χ0) is 18.3. The van der Waals surface area contributed by atoms with Crippen LogP contribution in [0.25, 0.3) is 20.4 Å². The molecule has 1 N–H and O–H groups in total. The maximum atomic E-state index is 12.8. The number of nitrogens with zero attached hydrogens (tertiary/aromatic N) is 3. The van der Waals surface area contributed by atoms with Gasteiger partial charge in [-0.15, -0.1) is 11.3 Å². The Morgan fingerprint density at radius 1 is 1.32 bits per heavy atom. The number of pyridine rings is 1. The van der Waals surface area contributed by atoms with E-state index in [0.29, 0.717) is 16.1 Å². The zero-order valence-electron chi connectivity index (χ0n) is 15.1. The molecule has 0 unspecified atom stereocenters. The Kier molecular flexibility index (Phi) is 4.60. The molecule has 0 saturated heterocycles.